The van der Waals surface area contributed by atoms with E-state index in [1.54, 1.807) is 24.3 Å². The third kappa shape index (κ3) is 5.20. The van der Waals surface area contributed by atoms with Gasteiger partial charge in [-0.1, -0.05) is 42.5 Å². The van der Waals surface area contributed by atoms with Gasteiger partial charge in [0.05, 0.1) is 11.4 Å². The normalized spacial score (nSPS) is 11.3. The molecule has 7 nitrogen and oxygen atoms in total. The fraction of sp³-hybridized carbons (Fsp3) is 0.176. The van der Waals surface area contributed by atoms with Crippen molar-refractivity contribution in [3.63, 3.8) is 0 Å². The molecule has 0 aliphatic carbocycles. The zero-order valence-corrected chi connectivity index (χ0v) is 12.9. The monoisotopic (exact) mass is 329 g/mol. The number of carboxylic acids is 1. The summed E-state index contributed by atoms with van der Waals surface area (Å²) < 4.78 is 5.02. The topological polar surface area (TPSA) is 114 Å². The lowest BCUT2D eigenvalue weighted by atomic mass is 10.2. The molecule has 24 heavy (non-hydrogen) atoms. The molecule has 0 spiro atoms. The second-order valence-electron chi connectivity index (χ2n) is 5.07. The van der Waals surface area contributed by atoms with E-state index in [-0.39, 0.29) is 13.2 Å². The van der Waals surface area contributed by atoms with Gasteiger partial charge in [-0.3, -0.25) is 0 Å². The van der Waals surface area contributed by atoms with E-state index in [0.717, 1.165) is 5.56 Å². The lowest BCUT2D eigenvalue weighted by Crippen LogP contribution is -2.45. The van der Waals surface area contributed by atoms with Gasteiger partial charge in [-0.05, 0) is 17.7 Å². The number of carboxylic acid groups (broad SMARTS) is 1. The summed E-state index contributed by atoms with van der Waals surface area (Å²) in [5, 5.41) is 14.4. The highest BCUT2D eigenvalue weighted by atomic mass is 16.5. The molecule has 2 rings (SSSR count). The Labute approximate surface area is 139 Å². The van der Waals surface area contributed by atoms with E-state index in [9.17, 15) is 14.7 Å². The van der Waals surface area contributed by atoms with Gasteiger partial charge in [0.1, 0.15) is 12.6 Å². The number of alkyl carbamates (subject to hydrolysis) is 1. The first kappa shape index (κ1) is 17.1. The second kappa shape index (κ2) is 8.42. The molecule has 0 fully saturated rings. The number of carbonyl (C=O) groups is 2. The Morgan fingerprint density at radius 1 is 1.08 bits per heavy atom. The van der Waals surface area contributed by atoms with Crippen LogP contribution in [0.15, 0.2) is 54.6 Å². The van der Waals surface area contributed by atoms with E-state index in [4.69, 9.17) is 10.5 Å². The molecule has 0 saturated heterocycles. The lowest BCUT2D eigenvalue weighted by molar-refractivity contribution is -0.139. The molecule has 1 unspecified atom stereocenters. The molecule has 7 heteroatoms. The van der Waals surface area contributed by atoms with E-state index in [1.165, 1.54) is 0 Å². The minimum atomic E-state index is -1.17. The van der Waals surface area contributed by atoms with Gasteiger partial charge in [-0.25, -0.2) is 9.59 Å². The van der Waals surface area contributed by atoms with Gasteiger partial charge < -0.3 is 26.2 Å². The van der Waals surface area contributed by atoms with Gasteiger partial charge in [0.15, 0.2) is 0 Å². The summed E-state index contributed by atoms with van der Waals surface area (Å²) in [7, 11) is 0. The average Bonchev–Trinajstić information content (AvgIpc) is 2.58. The van der Waals surface area contributed by atoms with Crippen LogP contribution >= 0.6 is 0 Å². The minimum Gasteiger partial charge on any atom is -0.480 e. The number of hydrogen-bond donors (Lipinski definition) is 4. The van der Waals surface area contributed by atoms with Crippen molar-refractivity contribution in [3.05, 3.63) is 60.2 Å². The molecule has 0 aliphatic rings. The van der Waals surface area contributed by atoms with Crippen LogP contribution in [0.25, 0.3) is 0 Å². The van der Waals surface area contributed by atoms with Crippen molar-refractivity contribution in [1.29, 1.82) is 0 Å². The molecule has 0 radical (unpaired) electrons. The Morgan fingerprint density at radius 3 is 2.42 bits per heavy atom. The molecule has 1 atom stereocenters. The zero-order chi connectivity index (χ0) is 17.4. The molecule has 2 aromatic carbocycles. The number of para-hydroxylation sites is 2. The molecular weight excluding hydrogens is 310 g/mol. The summed E-state index contributed by atoms with van der Waals surface area (Å²) in [5.41, 5.74) is 7.68. The van der Waals surface area contributed by atoms with Crippen molar-refractivity contribution in [2.24, 2.45) is 0 Å². The second-order valence-corrected chi connectivity index (χ2v) is 5.07. The van der Waals surface area contributed by atoms with Crippen molar-refractivity contribution in [2.75, 3.05) is 17.6 Å². The maximum atomic E-state index is 11.8. The standard InChI is InChI=1S/C17H19N3O4/c18-13-8-4-5-9-14(13)19-10-15(16(21)22)20-17(23)24-11-12-6-2-1-3-7-12/h1-9,15,19H,10-11,18H2,(H,20,23)(H,21,22). The smallest absolute Gasteiger partial charge is 0.408 e. The van der Waals surface area contributed by atoms with Gasteiger partial charge in [0.2, 0.25) is 0 Å². The predicted molar refractivity (Wildman–Crippen MR) is 90.5 cm³/mol. The van der Waals surface area contributed by atoms with Crippen molar-refractivity contribution < 1.29 is 19.4 Å². The highest BCUT2D eigenvalue weighted by Crippen LogP contribution is 2.16. The van der Waals surface area contributed by atoms with Crippen LogP contribution in [0.2, 0.25) is 0 Å². The molecule has 126 valence electrons. The van der Waals surface area contributed by atoms with Crippen molar-refractivity contribution in [3.8, 4) is 0 Å². The largest absolute Gasteiger partial charge is 0.480 e. The molecule has 0 aromatic heterocycles. The Balaban J connectivity index is 1.85. The fourth-order valence-corrected chi connectivity index (χ4v) is 1.98. The first-order valence-electron chi connectivity index (χ1n) is 7.34. The zero-order valence-electron chi connectivity index (χ0n) is 12.9. The molecule has 2 aromatic rings. The lowest BCUT2D eigenvalue weighted by Gasteiger charge is -2.16. The quantitative estimate of drug-likeness (QED) is 0.578. The SMILES string of the molecule is Nc1ccccc1NCC(NC(=O)OCc1ccccc1)C(=O)O. The number of anilines is 2. The first-order chi connectivity index (χ1) is 11.6. The summed E-state index contributed by atoms with van der Waals surface area (Å²) in [5.74, 6) is -1.17. The van der Waals surface area contributed by atoms with Gasteiger partial charge in [-0.2, -0.15) is 0 Å². The molecule has 5 N–H and O–H groups in total. The van der Waals surface area contributed by atoms with Crippen LogP contribution < -0.4 is 16.4 Å². The number of aliphatic carboxylic acids is 1. The predicted octanol–water partition coefficient (Wildman–Crippen LogP) is 2.06. The summed E-state index contributed by atoms with van der Waals surface area (Å²) in [4.78, 5) is 23.0. The van der Waals surface area contributed by atoms with E-state index in [0.29, 0.717) is 11.4 Å². The minimum absolute atomic E-state index is 0.0238. The Hall–Kier alpha value is -3.22. The molecule has 0 heterocycles. The number of carbonyl (C=O) groups excluding carboxylic acids is 1. The van der Waals surface area contributed by atoms with E-state index in [2.05, 4.69) is 10.6 Å². The van der Waals surface area contributed by atoms with Crippen molar-refractivity contribution in [1.82, 2.24) is 5.32 Å². The van der Waals surface area contributed by atoms with Gasteiger partial charge in [0, 0.05) is 6.54 Å². The van der Waals surface area contributed by atoms with Crippen LogP contribution in [0.5, 0.6) is 0 Å². The Morgan fingerprint density at radius 2 is 1.75 bits per heavy atom. The van der Waals surface area contributed by atoms with E-state index >= 15 is 0 Å². The Bertz CT molecular complexity index is 691. The molecule has 1 amide bonds. The number of nitrogen functional groups attached to an aromatic ring is 1. The third-order valence-electron chi connectivity index (χ3n) is 3.26. The van der Waals surface area contributed by atoms with Gasteiger partial charge in [0.25, 0.3) is 0 Å². The molecule has 0 aliphatic heterocycles. The van der Waals surface area contributed by atoms with E-state index in [1.807, 2.05) is 30.3 Å². The maximum Gasteiger partial charge on any atom is 0.408 e. The Kier molecular flexibility index (Phi) is 6.01. The van der Waals surface area contributed by atoms with Crippen LogP contribution in [-0.2, 0) is 16.1 Å². The van der Waals surface area contributed by atoms with Crippen LogP contribution in [0, 0.1) is 0 Å². The summed E-state index contributed by atoms with van der Waals surface area (Å²) in [6, 6.07) is 14.9. The van der Waals surface area contributed by atoms with Gasteiger partial charge in [-0.15, -0.1) is 0 Å². The van der Waals surface area contributed by atoms with Crippen LogP contribution in [0.4, 0.5) is 16.2 Å². The number of nitrogens with one attached hydrogen (secondary N) is 2. The van der Waals surface area contributed by atoms with E-state index < -0.39 is 18.1 Å². The van der Waals surface area contributed by atoms with Crippen molar-refractivity contribution >= 4 is 23.4 Å². The number of benzene rings is 2. The van der Waals surface area contributed by atoms with Crippen LogP contribution in [0.1, 0.15) is 5.56 Å². The summed E-state index contributed by atoms with van der Waals surface area (Å²) >= 11 is 0. The highest BCUT2D eigenvalue weighted by Gasteiger charge is 2.20. The van der Waals surface area contributed by atoms with Gasteiger partial charge >= 0.3 is 12.1 Å². The number of ether oxygens (including phenoxy) is 1. The first-order valence-corrected chi connectivity index (χ1v) is 7.34. The van der Waals surface area contributed by atoms with Crippen LogP contribution in [0.3, 0.4) is 0 Å². The molecule has 0 bridgehead atoms. The highest BCUT2D eigenvalue weighted by molar-refractivity contribution is 5.81. The fourth-order valence-electron chi connectivity index (χ4n) is 1.98. The number of nitrogens with two attached hydrogens (primary N) is 1. The van der Waals surface area contributed by atoms with Crippen LogP contribution in [-0.4, -0.2) is 29.8 Å². The third-order valence-corrected chi connectivity index (χ3v) is 3.26. The average molecular weight is 329 g/mol. The number of rotatable bonds is 7. The van der Waals surface area contributed by atoms with Crippen molar-refractivity contribution in [2.45, 2.75) is 12.6 Å². The number of hydrogen-bond acceptors (Lipinski definition) is 5. The summed E-state index contributed by atoms with van der Waals surface area (Å²) in [6.07, 6.45) is -0.797. The maximum absolute atomic E-state index is 11.8. The number of amides is 1. The summed E-state index contributed by atoms with van der Waals surface area (Å²) in [6.45, 7) is 0.0437. The molecule has 0 saturated carbocycles. The molecular formula is C17H19N3O4.